The second kappa shape index (κ2) is 5.86. The maximum atomic E-state index is 13.1. The summed E-state index contributed by atoms with van der Waals surface area (Å²) < 4.78 is 13.1. The molecule has 0 aliphatic rings. The highest BCUT2D eigenvalue weighted by molar-refractivity contribution is 5.29. The molecular formula is C13H20FN. The number of benzene rings is 1. The van der Waals surface area contributed by atoms with Crippen molar-refractivity contribution in [3.63, 3.8) is 0 Å². The lowest BCUT2D eigenvalue weighted by Crippen LogP contribution is -2.22. The van der Waals surface area contributed by atoms with Crippen LogP contribution in [0, 0.1) is 12.7 Å². The van der Waals surface area contributed by atoms with Gasteiger partial charge in [0.2, 0.25) is 0 Å². The molecule has 15 heavy (non-hydrogen) atoms. The lowest BCUT2D eigenvalue weighted by atomic mass is 9.99. The zero-order chi connectivity index (χ0) is 11.3. The Balaban J connectivity index is 2.85. The first-order valence-electron chi connectivity index (χ1n) is 5.68. The topological polar surface area (TPSA) is 12.0 Å². The van der Waals surface area contributed by atoms with E-state index in [1.807, 2.05) is 13.0 Å². The lowest BCUT2D eigenvalue weighted by molar-refractivity contribution is 0.512. The second-order valence-electron chi connectivity index (χ2n) is 3.92. The quantitative estimate of drug-likeness (QED) is 0.781. The van der Waals surface area contributed by atoms with Gasteiger partial charge in [0.15, 0.2) is 0 Å². The van der Waals surface area contributed by atoms with Crippen LogP contribution < -0.4 is 5.32 Å². The molecule has 1 aromatic carbocycles. The van der Waals surface area contributed by atoms with Crippen molar-refractivity contribution in [2.45, 2.75) is 39.7 Å². The van der Waals surface area contributed by atoms with Gasteiger partial charge in [-0.25, -0.2) is 4.39 Å². The summed E-state index contributed by atoms with van der Waals surface area (Å²) in [5.41, 5.74) is 2.25. The summed E-state index contributed by atoms with van der Waals surface area (Å²) in [5, 5.41) is 3.44. The number of halogens is 1. The average molecular weight is 209 g/mol. The molecule has 0 aliphatic carbocycles. The van der Waals surface area contributed by atoms with E-state index in [2.05, 4.69) is 19.2 Å². The standard InChI is InChI=1S/C13H20FN/c1-4-8-15-13(5-2)12-9-11(14)7-6-10(12)3/h6-7,9,13,15H,4-5,8H2,1-3H3. The number of hydrogen-bond acceptors (Lipinski definition) is 1. The van der Waals surface area contributed by atoms with Crippen LogP contribution in [-0.2, 0) is 0 Å². The van der Waals surface area contributed by atoms with E-state index < -0.39 is 0 Å². The second-order valence-corrected chi connectivity index (χ2v) is 3.92. The van der Waals surface area contributed by atoms with E-state index in [9.17, 15) is 4.39 Å². The fourth-order valence-electron chi connectivity index (χ4n) is 1.78. The van der Waals surface area contributed by atoms with Gasteiger partial charge in [0.1, 0.15) is 5.82 Å². The van der Waals surface area contributed by atoms with E-state index >= 15 is 0 Å². The van der Waals surface area contributed by atoms with Crippen molar-refractivity contribution in [1.29, 1.82) is 0 Å². The van der Waals surface area contributed by atoms with E-state index in [4.69, 9.17) is 0 Å². The third-order valence-corrected chi connectivity index (χ3v) is 2.67. The van der Waals surface area contributed by atoms with Crippen molar-refractivity contribution in [2.24, 2.45) is 0 Å². The van der Waals surface area contributed by atoms with Crippen molar-refractivity contribution in [3.8, 4) is 0 Å². The monoisotopic (exact) mass is 209 g/mol. The van der Waals surface area contributed by atoms with Crippen LogP contribution in [0.2, 0.25) is 0 Å². The molecule has 0 aromatic heterocycles. The molecule has 84 valence electrons. The zero-order valence-electron chi connectivity index (χ0n) is 9.81. The third kappa shape index (κ3) is 3.31. The number of nitrogens with one attached hydrogen (secondary N) is 1. The number of hydrogen-bond donors (Lipinski definition) is 1. The first-order valence-corrected chi connectivity index (χ1v) is 5.68. The molecule has 1 aromatic rings. The van der Waals surface area contributed by atoms with Gasteiger partial charge >= 0.3 is 0 Å². The van der Waals surface area contributed by atoms with Crippen molar-refractivity contribution in [1.82, 2.24) is 5.32 Å². The van der Waals surface area contributed by atoms with E-state index in [1.54, 1.807) is 6.07 Å². The fraction of sp³-hybridized carbons (Fsp3) is 0.538. The van der Waals surface area contributed by atoms with Gasteiger partial charge < -0.3 is 5.32 Å². The summed E-state index contributed by atoms with van der Waals surface area (Å²) in [6.45, 7) is 7.27. The van der Waals surface area contributed by atoms with E-state index in [0.29, 0.717) is 0 Å². The Morgan fingerprint density at radius 2 is 2.07 bits per heavy atom. The molecule has 0 spiro atoms. The molecule has 0 radical (unpaired) electrons. The number of aryl methyl sites for hydroxylation is 1. The summed E-state index contributed by atoms with van der Waals surface area (Å²) in [4.78, 5) is 0. The Kier molecular flexibility index (Phi) is 4.76. The molecule has 1 nitrogen and oxygen atoms in total. The van der Waals surface area contributed by atoms with Gasteiger partial charge in [-0.1, -0.05) is 19.9 Å². The largest absolute Gasteiger partial charge is 0.310 e. The van der Waals surface area contributed by atoms with Gasteiger partial charge in [-0.15, -0.1) is 0 Å². The van der Waals surface area contributed by atoms with Crippen LogP contribution in [0.4, 0.5) is 4.39 Å². The van der Waals surface area contributed by atoms with E-state index in [1.165, 1.54) is 6.07 Å². The molecule has 0 fully saturated rings. The maximum Gasteiger partial charge on any atom is 0.123 e. The highest BCUT2D eigenvalue weighted by Crippen LogP contribution is 2.21. The molecule has 0 heterocycles. The molecular weight excluding hydrogens is 189 g/mol. The first kappa shape index (κ1) is 12.2. The maximum absolute atomic E-state index is 13.1. The van der Waals surface area contributed by atoms with E-state index in [-0.39, 0.29) is 11.9 Å². The van der Waals surface area contributed by atoms with Gasteiger partial charge in [-0.2, -0.15) is 0 Å². The summed E-state index contributed by atoms with van der Waals surface area (Å²) >= 11 is 0. The minimum absolute atomic E-state index is 0.146. The highest BCUT2D eigenvalue weighted by Gasteiger charge is 2.11. The van der Waals surface area contributed by atoms with Crippen LogP contribution >= 0.6 is 0 Å². The van der Waals surface area contributed by atoms with Crippen molar-refractivity contribution < 1.29 is 4.39 Å². The van der Waals surface area contributed by atoms with Crippen LogP contribution in [0.5, 0.6) is 0 Å². The normalized spacial score (nSPS) is 12.8. The van der Waals surface area contributed by atoms with Crippen LogP contribution in [0.25, 0.3) is 0 Å². The average Bonchev–Trinajstić information content (AvgIpc) is 2.24. The predicted molar refractivity (Wildman–Crippen MR) is 62.5 cm³/mol. The fourth-order valence-corrected chi connectivity index (χ4v) is 1.78. The Morgan fingerprint density at radius 3 is 2.67 bits per heavy atom. The van der Waals surface area contributed by atoms with Crippen LogP contribution in [-0.4, -0.2) is 6.54 Å². The van der Waals surface area contributed by atoms with Gasteiger partial charge in [0.05, 0.1) is 0 Å². The Morgan fingerprint density at radius 1 is 1.33 bits per heavy atom. The van der Waals surface area contributed by atoms with Crippen molar-refractivity contribution in [3.05, 3.63) is 35.1 Å². The van der Waals surface area contributed by atoms with Gasteiger partial charge in [0.25, 0.3) is 0 Å². The third-order valence-electron chi connectivity index (χ3n) is 2.67. The summed E-state index contributed by atoms with van der Waals surface area (Å²) in [7, 11) is 0. The summed E-state index contributed by atoms with van der Waals surface area (Å²) in [6, 6.07) is 5.29. The predicted octanol–water partition coefficient (Wildman–Crippen LogP) is 3.58. The van der Waals surface area contributed by atoms with Crippen LogP contribution in [0.15, 0.2) is 18.2 Å². The smallest absolute Gasteiger partial charge is 0.123 e. The minimum Gasteiger partial charge on any atom is -0.310 e. The molecule has 0 saturated carbocycles. The molecule has 1 rings (SSSR count). The van der Waals surface area contributed by atoms with Crippen LogP contribution in [0.3, 0.4) is 0 Å². The lowest BCUT2D eigenvalue weighted by Gasteiger charge is -2.19. The summed E-state index contributed by atoms with van der Waals surface area (Å²) in [5.74, 6) is -0.146. The molecule has 0 saturated heterocycles. The molecule has 1 atom stereocenters. The number of rotatable bonds is 5. The zero-order valence-corrected chi connectivity index (χ0v) is 9.81. The van der Waals surface area contributed by atoms with Crippen molar-refractivity contribution in [2.75, 3.05) is 6.54 Å². The Hall–Kier alpha value is -0.890. The Labute approximate surface area is 91.7 Å². The molecule has 1 unspecified atom stereocenters. The van der Waals surface area contributed by atoms with Crippen LogP contribution in [0.1, 0.15) is 43.9 Å². The SMILES string of the molecule is CCCNC(CC)c1cc(F)ccc1C. The van der Waals surface area contributed by atoms with Crippen molar-refractivity contribution >= 4 is 0 Å². The first-order chi connectivity index (χ1) is 7.19. The molecule has 1 N–H and O–H groups in total. The molecule has 0 aliphatic heterocycles. The molecule has 0 amide bonds. The Bertz CT molecular complexity index is 309. The van der Waals surface area contributed by atoms with Gasteiger partial charge in [0, 0.05) is 6.04 Å². The highest BCUT2D eigenvalue weighted by atomic mass is 19.1. The summed E-state index contributed by atoms with van der Waals surface area (Å²) in [6.07, 6.45) is 2.09. The molecule has 0 bridgehead atoms. The van der Waals surface area contributed by atoms with E-state index in [0.717, 1.165) is 30.5 Å². The minimum atomic E-state index is -0.146. The van der Waals surface area contributed by atoms with Gasteiger partial charge in [-0.05, 0) is 49.6 Å². The molecule has 2 heteroatoms. The van der Waals surface area contributed by atoms with Gasteiger partial charge in [-0.3, -0.25) is 0 Å².